The lowest BCUT2D eigenvalue weighted by atomic mass is 10.2. The first-order chi connectivity index (χ1) is 11.7. The summed E-state index contributed by atoms with van der Waals surface area (Å²) in [6, 6.07) is 12.6. The standard InChI is InChI=1S/C18H19ClN4S/c1-2-22-8-10-23(11-9-22)16-14-12-15(13-6-4-3-5-7-13)24-17(14)21-18(19)20-16/h3-7,12H,2,8-11H2,1H3. The average molecular weight is 359 g/mol. The number of anilines is 1. The van der Waals surface area contributed by atoms with Crippen LogP contribution in [0.3, 0.4) is 0 Å². The highest BCUT2D eigenvalue weighted by Gasteiger charge is 2.21. The van der Waals surface area contributed by atoms with Crippen LogP contribution in [-0.4, -0.2) is 47.6 Å². The van der Waals surface area contributed by atoms with Crippen molar-refractivity contribution in [3.63, 3.8) is 0 Å². The third-order valence-electron chi connectivity index (χ3n) is 4.52. The van der Waals surface area contributed by atoms with E-state index in [0.717, 1.165) is 48.8 Å². The molecular formula is C18H19ClN4S. The zero-order chi connectivity index (χ0) is 16.5. The number of rotatable bonds is 3. The number of halogens is 1. The van der Waals surface area contributed by atoms with E-state index >= 15 is 0 Å². The minimum atomic E-state index is 0.330. The first-order valence-corrected chi connectivity index (χ1v) is 9.44. The molecule has 4 rings (SSSR count). The van der Waals surface area contributed by atoms with Crippen LogP contribution in [0.15, 0.2) is 36.4 Å². The van der Waals surface area contributed by atoms with E-state index in [1.54, 1.807) is 11.3 Å². The maximum Gasteiger partial charge on any atom is 0.225 e. The number of aromatic nitrogens is 2. The molecule has 1 saturated heterocycles. The molecule has 0 atom stereocenters. The van der Waals surface area contributed by atoms with Crippen molar-refractivity contribution in [2.24, 2.45) is 0 Å². The van der Waals surface area contributed by atoms with Crippen LogP contribution < -0.4 is 4.90 Å². The predicted molar refractivity (Wildman–Crippen MR) is 102 cm³/mol. The number of fused-ring (bicyclic) bond motifs is 1. The number of thiophene rings is 1. The summed E-state index contributed by atoms with van der Waals surface area (Å²) in [6.07, 6.45) is 0. The Hall–Kier alpha value is -1.69. The Kier molecular flexibility index (Phi) is 4.39. The normalized spacial score (nSPS) is 16.0. The van der Waals surface area contributed by atoms with E-state index in [0.29, 0.717) is 5.28 Å². The van der Waals surface area contributed by atoms with Crippen LogP contribution >= 0.6 is 22.9 Å². The molecule has 3 aromatic rings. The van der Waals surface area contributed by atoms with Gasteiger partial charge in [-0.3, -0.25) is 0 Å². The second-order valence-electron chi connectivity index (χ2n) is 5.93. The number of benzene rings is 1. The van der Waals surface area contributed by atoms with Gasteiger partial charge in [-0.25, -0.2) is 4.98 Å². The maximum atomic E-state index is 6.20. The summed E-state index contributed by atoms with van der Waals surface area (Å²) in [6.45, 7) is 7.40. The summed E-state index contributed by atoms with van der Waals surface area (Å²) in [7, 11) is 0. The molecule has 3 heterocycles. The van der Waals surface area contributed by atoms with Gasteiger partial charge in [0.05, 0.1) is 5.39 Å². The van der Waals surface area contributed by atoms with Gasteiger partial charge >= 0.3 is 0 Å². The molecule has 2 aromatic heterocycles. The molecule has 1 aliphatic rings. The van der Waals surface area contributed by atoms with Gasteiger partial charge in [0.25, 0.3) is 0 Å². The molecule has 0 radical (unpaired) electrons. The summed E-state index contributed by atoms with van der Waals surface area (Å²) in [4.78, 5) is 16.0. The molecule has 0 amide bonds. The Morgan fingerprint density at radius 2 is 1.83 bits per heavy atom. The quantitative estimate of drug-likeness (QED) is 0.658. The predicted octanol–water partition coefficient (Wildman–Crippen LogP) is 4.15. The lowest BCUT2D eigenvalue weighted by molar-refractivity contribution is 0.271. The lowest BCUT2D eigenvalue weighted by Gasteiger charge is -2.35. The summed E-state index contributed by atoms with van der Waals surface area (Å²) in [5.41, 5.74) is 1.21. The molecule has 0 spiro atoms. The number of likely N-dealkylation sites (N-methyl/N-ethyl adjacent to an activating group) is 1. The molecule has 124 valence electrons. The first kappa shape index (κ1) is 15.8. The molecule has 0 aliphatic carbocycles. The largest absolute Gasteiger partial charge is 0.353 e. The zero-order valence-electron chi connectivity index (χ0n) is 13.6. The summed E-state index contributed by atoms with van der Waals surface area (Å²) in [5.74, 6) is 0.971. The minimum Gasteiger partial charge on any atom is -0.353 e. The minimum absolute atomic E-state index is 0.330. The fraction of sp³-hybridized carbons (Fsp3) is 0.333. The fourth-order valence-electron chi connectivity index (χ4n) is 3.14. The van der Waals surface area contributed by atoms with Gasteiger partial charge < -0.3 is 9.80 Å². The van der Waals surface area contributed by atoms with E-state index in [4.69, 9.17) is 11.6 Å². The van der Waals surface area contributed by atoms with Gasteiger partial charge in [-0.2, -0.15) is 4.98 Å². The maximum absolute atomic E-state index is 6.20. The van der Waals surface area contributed by atoms with Crippen LogP contribution in [0.5, 0.6) is 0 Å². The van der Waals surface area contributed by atoms with Crippen molar-refractivity contribution in [3.05, 3.63) is 41.7 Å². The Bertz CT molecular complexity index is 841. The zero-order valence-corrected chi connectivity index (χ0v) is 15.1. The Labute approximate surface area is 150 Å². The van der Waals surface area contributed by atoms with Gasteiger partial charge in [0.1, 0.15) is 10.6 Å². The van der Waals surface area contributed by atoms with E-state index in [9.17, 15) is 0 Å². The molecule has 0 bridgehead atoms. The highest BCUT2D eigenvalue weighted by Crippen LogP contribution is 2.37. The van der Waals surface area contributed by atoms with E-state index < -0.39 is 0 Å². The van der Waals surface area contributed by atoms with Crippen molar-refractivity contribution < 1.29 is 0 Å². The van der Waals surface area contributed by atoms with E-state index in [2.05, 4.69) is 57.0 Å². The molecule has 1 fully saturated rings. The van der Waals surface area contributed by atoms with Crippen molar-refractivity contribution in [1.29, 1.82) is 0 Å². The summed E-state index contributed by atoms with van der Waals surface area (Å²) >= 11 is 7.88. The van der Waals surface area contributed by atoms with Crippen molar-refractivity contribution in [2.45, 2.75) is 6.92 Å². The van der Waals surface area contributed by atoms with Crippen LogP contribution in [0.2, 0.25) is 5.28 Å². The Balaban J connectivity index is 1.74. The third-order valence-corrected chi connectivity index (χ3v) is 5.77. The van der Waals surface area contributed by atoms with Crippen LogP contribution in [-0.2, 0) is 0 Å². The number of nitrogens with zero attached hydrogens (tertiary/aromatic N) is 4. The van der Waals surface area contributed by atoms with Crippen molar-refractivity contribution in [3.8, 4) is 10.4 Å². The average Bonchev–Trinajstić information content (AvgIpc) is 3.06. The Morgan fingerprint density at radius 3 is 2.54 bits per heavy atom. The van der Waals surface area contributed by atoms with Gasteiger partial charge in [0.15, 0.2) is 0 Å². The van der Waals surface area contributed by atoms with Crippen molar-refractivity contribution in [1.82, 2.24) is 14.9 Å². The van der Waals surface area contributed by atoms with Gasteiger partial charge in [-0.15, -0.1) is 11.3 Å². The van der Waals surface area contributed by atoms with Gasteiger partial charge in [-0.05, 0) is 29.8 Å². The molecule has 1 aliphatic heterocycles. The van der Waals surface area contributed by atoms with Gasteiger partial charge in [0.2, 0.25) is 5.28 Å². The second kappa shape index (κ2) is 6.67. The smallest absolute Gasteiger partial charge is 0.225 e. The van der Waals surface area contributed by atoms with Crippen LogP contribution in [0.25, 0.3) is 20.7 Å². The topological polar surface area (TPSA) is 32.3 Å². The second-order valence-corrected chi connectivity index (χ2v) is 7.30. The highest BCUT2D eigenvalue weighted by atomic mass is 35.5. The van der Waals surface area contributed by atoms with E-state index in [1.807, 2.05) is 6.07 Å². The molecule has 4 nitrogen and oxygen atoms in total. The van der Waals surface area contributed by atoms with E-state index in [-0.39, 0.29) is 0 Å². The van der Waals surface area contributed by atoms with Gasteiger partial charge in [-0.1, -0.05) is 37.3 Å². The van der Waals surface area contributed by atoms with Crippen molar-refractivity contribution >= 4 is 39.0 Å². The van der Waals surface area contributed by atoms with Crippen LogP contribution in [0, 0.1) is 0 Å². The molecule has 0 unspecified atom stereocenters. The van der Waals surface area contributed by atoms with Crippen molar-refractivity contribution in [2.75, 3.05) is 37.6 Å². The number of piperazine rings is 1. The molecule has 0 saturated carbocycles. The lowest BCUT2D eigenvalue weighted by Crippen LogP contribution is -2.46. The SMILES string of the molecule is CCN1CCN(c2nc(Cl)nc3sc(-c4ccccc4)cc23)CC1. The van der Waals surface area contributed by atoms with Gasteiger partial charge in [0, 0.05) is 31.1 Å². The highest BCUT2D eigenvalue weighted by molar-refractivity contribution is 7.22. The van der Waals surface area contributed by atoms with Crippen LogP contribution in [0.1, 0.15) is 6.92 Å². The fourth-order valence-corrected chi connectivity index (χ4v) is 4.39. The molecule has 0 N–H and O–H groups in total. The summed E-state index contributed by atoms with van der Waals surface area (Å²) in [5, 5.41) is 1.44. The van der Waals surface area contributed by atoms with E-state index in [1.165, 1.54) is 10.4 Å². The Morgan fingerprint density at radius 1 is 1.08 bits per heavy atom. The number of hydrogen-bond donors (Lipinski definition) is 0. The molecule has 6 heteroatoms. The monoisotopic (exact) mass is 358 g/mol. The van der Waals surface area contributed by atoms with Crippen LogP contribution in [0.4, 0.5) is 5.82 Å². The molecular weight excluding hydrogens is 340 g/mol. The summed E-state index contributed by atoms with van der Waals surface area (Å²) < 4.78 is 0. The third kappa shape index (κ3) is 2.99. The first-order valence-electron chi connectivity index (χ1n) is 8.24. The molecule has 1 aromatic carbocycles. The number of hydrogen-bond acceptors (Lipinski definition) is 5. The molecule has 24 heavy (non-hydrogen) atoms.